The van der Waals surface area contributed by atoms with Crippen LogP contribution in [0.4, 0.5) is 13.2 Å². The molecule has 0 aromatic carbocycles. The Morgan fingerprint density at radius 3 is 1.62 bits per heavy atom. The Morgan fingerprint density at radius 2 is 1.62 bits per heavy atom. The summed E-state index contributed by atoms with van der Waals surface area (Å²) in [5.74, 6) is 0. The van der Waals surface area contributed by atoms with E-state index in [0.717, 1.165) is 0 Å². The van der Waals surface area contributed by atoms with Crippen LogP contribution >= 0.6 is 0 Å². The third kappa shape index (κ3) is 1320. The van der Waals surface area contributed by atoms with Crippen molar-refractivity contribution in [1.29, 1.82) is 0 Å². The molecule has 0 aliphatic rings. The smallest absolute Gasteiger partial charge is 0.216 e. The van der Waals surface area contributed by atoms with Gasteiger partial charge in [-0.1, -0.05) is 6.08 Å². The van der Waals surface area contributed by atoms with Crippen LogP contribution in [0.2, 0.25) is 0 Å². The van der Waals surface area contributed by atoms with E-state index in [1.165, 1.54) is 6.08 Å². The van der Waals surface area contributed by atoms with E-state index in [-0.39, 0.29) is 0 Å². The molecule has 0 heterocycles. The highest BCUT2D eigenvalue weighted by molar-refractivity contribution is 4.61. The summed E-state index contributed by atoms with van der Waals surface area (Å²) in [4.78, 5) is 0. The van der Waals surface area contributed by atoms with Crippen LogP contribution in [0.25, 0.3) is 0 Å². The van der Waals surface area contributed by atoms with Crippen LogP contribution in [0.5, 0.6) is 0 Å². The molecule has 0 saturated carbocycles. The first-order valence-electron chi connectivity index (χ1n) is 1.86. The molecule has 0 aliphatic carbocycles. The van der Waals surface area contributed by atoms with E-state index >= 15 is 0 Å². The molecule has 0 N–H and O–H groups in total. The van der Waals surface area contributed by atoms with E-state index in [4.69, 9.17) is 0 Å². The SMILES string of the molecule is C=C(F)F.CC=CF. The zero-order chi connectivity index (χ0) is 6.99. The van der Waals surface area contributed by atoms with Gasteiger partial charge >= 0.3 is 0 Å². The van der Waals surface area contributed by atoms with Gasteiger partial charge in [-0.2, -0.15) is 8.78 Å². The lowest BCUT2D eigenvalue weighted by molar-refractivity contribution is 0.426. The van der Waals surface area contributed by atoms with Crippen molar-refractivity contribution < 1.29 is 13.2 Å². The molecule has 0 atom stereocenters. The fraction of sp³-hybridized carbons (Fsp3) is 0.200. The minimum atomic E-state index is -1.83. The summed E-state index contributed by atoms with van der Waals surface area (Å²) in [6.45, 7) is 3.85. The number of halogens is 3. The Balaban J connectivity index is 0. The second-order valence-corrected chi connectivity index (χ2v) is 0.798. The average Bonchev–Trinajstić information content (AvgIpc) is 1.65. The molecule has 48 valence electrons. The van der Waals surface area contributed by atoms with E-state index in [1.807, 2.05) is 0 Å². The largest absolute Gasteiger partial charge is 0.263 e. The third-order valence-electron chi connectivity index (χ3n) is 0.126. The molecule has 8 heavy (non-hydrogen) atoms. The second kappa shape index (κ2) is 9.55. The fourth-order valence-corrected chi connectivity index (χ4v) is 0. The summed E-state index contributed by atoms with van der Waals surface area (Å²) in [5, 5.41) is 0. The Bertz CT molecular complexity index is 67.7. The van der Waals surface area contributed by atoms with Crippen molar-refractivity contribution in [2.24, 2.45) is 0 Å². The van der Waals surface area contributed by atoms with Gasteiger partial charge in [0.05, 0.1) is 6.33 Å². The molecule has 3 heteroatoms. The lowest BCUT2D eigenvalue weighted by atomic mass is 10.8. The van der Waals surface area contributed by atoms with Gasteiger partial charge in [-0.15, -0.1) is 0 Å². The Kier molecular flexibility index (Phi) is 12.3. The number of hydrogen-bond acceptors (Lipinski definition) is 0. The zero-order valence-corrected chi connectivity index (χ0v) is 4.50. The van der Waals surface area contributed by atoms with Crippen LogP contribution in [-0.4, -0.2) is 0 Å². The molecule has 0 fully saturated rings. The summed E-state index contributed by atoms with van der Waals surface area (Å²) in [5.41, 5.74) is 0. The summed E-state index contributed by atoms with van der Waals surface area (Å²) in [7, 11) is 0. The summed E-state index contributed by atoms with van der Waals surface area (Å²) in [6, 6.07) is 0. The second-order valence-electron chi connectivity index (χ2n) is 0.798. The van der Waals surface area contributed by atoms with Gasteiger partial charge in [-0.05, 0) is 13.5 Å². The van der Waals surface area contributed by atoms with E-state index in [9.17, 15) is 13.2 Å². The van der Waals surface area contributed by atoms with Crippen molar-refractivity contribution in [1.82, 2.24) is 0 Å². The third-order valence-corrected chi connectivity index (χ3v) is 0.126. The Morgan fingerprint density at radius 1 is 1.50 bits per heavy atom. The van der Waals surface area contributed by atoms with Crippen molar-refractivity contribution in [2.75, 3.05) is 0 Å². The van der Waals surface area contributed by atoms with Crippen LogP contribution < -0.4 is 0 Å². The minimum absolute atomic E-state index is 0.500. The maximum absolute atomic E-state index is 10.5. The molecule has 0 rings (SSSR count). The van der Waals surface area contributed by atoms with Crippen molar-refractivity contribution in [3.8, 4) is 0 Å². The lowest BCUT2D eigenvalue weighted by Crippen LogP contribution is -1.33. The van der Waals surface area contributed by atoms with Gasteiger partial charge in [0.1, 0.15) is 0 Å². The monoisotopic (exact) mass is 124 g/mol. The first-order valence-corrected chi connectivity index (χ1v) is 1.86. The first kappa shape index (κ1) is 10.3. The topological polar surface area (TPSA) is 0 Å². The molecule has 0 spiro atoms. The van der Waals surface area contributed by atoms with Gasteiger partial charge in [0.25, 0.3) is 6.08 Å². The van der Waals surface area contributed by atoms with Crippen LogP contribution in [0.3, 0.4) is 0 Å². The van der Waals surface area contributed by atoms with Gasteiger partial charge in [-0.3, -0.25) is 0 Å². The molecule has 0 saturated heterocycles. The molecular weight excluding hydrogens is 117 g/mol. The lowest BCUT2D eigenvalue weighted by Gasteiger charge is -1.54. The number of hydrogen-bond donors (Lipinski definition) is 0. The van der Waals surface area contributed by atoms with Gasteiger partial charge < -0.3 is 0 Å². The predicted molar refractivity (Wildman–Crippen MR) is 27.3 cm³/mol. The molecule has 0 amide bonds. The highest BCUT2D eigenvalue weighted by Crippen LogP contribution is 1.85. The van der Waals surface area contributed by atoms with E-state index in [0.29, 0.717) is 6.33 Å². The van der Waals surface area contributed by atoms with Crippen LogP contribution in [0, 0.1) is 0 Å². The van der Waals surface area contributed by atoms with E-state index < -0.39 is 6.08 Å². The zero-order valence-electron chi connectivity index (χ0n) is 4.50. The molecule has 0 nitrogen and oxygen atoms in total. The summed E-state index contributed by atoms with van der Waals surface area (Å²) < 4.78 is 30.8. The summed E-state index contributed by atoms with van der Waals surface area (Å²) >= 11 is 0. The standard InChI is InChI=1S/C3H5F.C2H2F2/c1-2-3-4;1-2(3)4/h2-3H,1H3;1H2. The Labute approximate surface area is 46.3 Å². The molecule has 0 radical (unpaired) electrons. The number of allylic oxidation sites excluding steroid dienone is 1. The average molecular weight is 124 g/mol. The minimum Gasteiger partial charge on any atom is -0.216 e. The van der Waals surface area contributed by atoms with Crippen LogP contribution in [-0.2, 0) is 0 Å². The van der Waals surface area contributed by atoms with Gasteiger partial charge in [-0.25, -0.2) is 4.39 Å². The molecule has 0 bridgehead atoms. The first-order chi connectivity index (χ1) is 3.65. The highest BCUT2D eigenvalue weighted by Gasteiger charge is 1.65. The van der Waals surface area contributed by atoms with Gasteiger partial charge in [0, 0.05) is 0 Å². The van der Waals surface area contributed by atoms with Crippen molar-refractivity contribution in [2.45, 2.75) is 6.92 Å². The Hall–Kier alpha value is -0.730. The number of rotatable bonds is 0. The molecule has 0 aromatic rings. The maximum Gasteiger partial charge on any atom is 0.263 e. The predicted octanol–water partition coefficient (Wildman–Crippen LogP) is 2.89. The fourth-order valence-electron chi connectivity index (χ4n) is 0. The van der Waals surface area contributed by atoms with Crippen LogP contribution in [0.15, 0.2) is 25.1 Å². The van der Waals surface area contributed by atoms with E-state index in [1.54, 1.807) is 6.92 Å². The van der Waals surface area contributed by atoms with Gasteiger partial charge in [0.2, 0.25) is 0 Å². The molecule has 0 unspecified atom stereocenters. The van der Waals surface area contributed by atoms with Crippen LogP contribution in [0.1, 0.15) is 6.92 Å². The molecule has 0 aliphatic heterocycles. The molecular formula is C5H7F3. The normalized spacial score (nSPS) is 8.00. The molecule has 0 aromatic heterocycles. The van der Waals surface area contributed by atoms with Gasteiger partial charge in [0.15, 0.2) is 0 Å². The van der Waals surface area contributed by atoms with Crippen molar-refractivity contribution in [3.63, 3.8) is 0 Å². The maximum atomic E-state index is 10.5. The highest BCUT2D eigenvalue weighted by atomic mass is 19.3. The van der Waals surface area contributed by atoms with Crippen molar-refractivity contribution >= 4 is 0 Å². The van der Waals surface area contributed by atoms with Crippen molar-refractivity contribution in [3.05, 3.63) is 25.1 Å². The summed E-state index contributed by atoms with van der Waals surface area (Å²) in [6.07, 6.45) is 0.000000000000000222. The van der Waals surface area contributed by atoms with E-state index in [2.05, 4.69) is 6.58 Å². The quantitative estimate of drug-likeness (QED) is 0.465.